The van der Waals surface area contributed by atoms with Gasteiger partial charge in [-0.25, -0.2) is 4.39 Å². The maximum absolute atomic E-state index is 15.1. The van der Waals surface area contributed by atoms with Crippen LogP contribution in [0.1, 0.15) is 35.3 Å². The van der Waals surface area contributed by atoms with E-state index >= 15 is 4.39 Å². The first-order valence-corrected chi connectivity index (χ1v) is 8.05. The Kier molecular flexibility index (Phi) is 3.00. The van der Waals surface area contributed by atoms with Crippen molar-refractivity contribution >= 4 is 16.8 Å². The predicted octanol–water partition coefficient (Wildman–Crippen LogP) is 2.59. The Labute approximate surface area is 134 Å². The molecule has 5 heteroatoms. The Bertz CT molecular complexity index is 790. The zero-order valence-electron chi connectivity index (χ0n) is 13.2. The minimum Gasteiger partial charge on any atom is -0.333 e. The highest BCUT2D eigenvalue weighted by molar-refractivity contribution is 6.05. The van der Waals surface area contributed by atoms with E-state index in [1.165, 1.54) is 0 Å². The molecule has 1 aromatic carbocycles. The molecule has 2 aliphatic rings. The van der Waals surface area contributed by atoms with E-state index in [0.717, 1.165) is 17.5 Å². The van der Waals surface area contributed by atoms with Gasteiger partial charge in [-0.05, 0) is 38.3 Å². The summed E-state index contributed by atoms with van der Waals surface area (Å²) in [7, 11) is 0. The normalized spacial score (nSPS) is 30.0. The molecule has 4 nitrogen and oxygen atoms in total. The van der Waals surface area contributed by atoms with Gasteiger partial charge in [-0.2, -0.15) is 0 Å². The number of aromatic nitrogens is 1. The second-order valence-electron chi connectivity index (χ2n) is 6.97. The van der Waals surface area contributed by atoms with Crippen LogP contribution in [0.15, 0.2) is 30.3 Å². The number of nitrogens with zero attached hydrogens (tertiary/aromatic N) is 2. The number of para-hydroxylation sites is 1. The van der Waals surface area contributed by atoms with E-state index in [-0.39, 0.29) is 19.0 Å². The summed E-state index contributed by atoms with van der Waals surface area (Å²) in [6, 6.07) is 9.40. The molecule has 1 saturated carbocycles. The molecule has 2 heterocycles. The average Bonchev–Trinajstić information content (AvgIpc) is 2.93. The molecular weight excluding hydrogens is 293 g/mol. The van der Waals surface area contributed by atoms with Gasteiger partial charge in [-0.15, -0.1) is 0 Å². The number of pyridine rings is 1. The Morgan fingerprint density at radius 3 is 2.87 bits per heavy atom. The number of carbonyl (C=O) groups is 1. The van der Waals surface area contributed by atoms with Crippen molar-refractivity contribution in [2.24, 2.45) is 5.73 Å². The summed E-state index contributed by atoms with van der Waals surface area (Å²) in [5, 5.41) is 0.915. The lowest BCUT2D eigenvalue weighted by molar-refractivity contribution is 0.0749. The first kappa shape index (κ1) is 14.6. The number of fused-ring (bicyclic) bond motifs is 2. The third-order valence-corrected chi connectivity index (χ3v) is 5.38. The number of benzene rings is 1. The SMILES string of the molecule is Cc1ccc2cccc(C(=O)N3C[C@@]4(N)CCC[C@@]4(F)C3)c2n1. The molecule has 1 amide bonds. The van der Waals surface area contributed by atoms with Crippen molar-refractivity contribution in [1.82, 2.24) is 9.88 Å². The van der Waals surface area contributed by atoms with Crippen LogP contribution in [0.3, 0.4) is 0 Å². The lowest BCUT2D eigenvalue weighted by Crippen LogP contribution is -2.53. The molecule has 1 saturated heterocycles. The van der Waals surface area contributed by atoms with Crippen molar-refractivity contribution < 1.29 is 9.18 Å². The Morgan fingerprint density at radius 2 is 2.09 bits per heavy atom. The van der Waals surface area contributed by atoms with Crippen molar-refractivity contribution in [3.05, 3.63) is 41.6 Å². The highest BCUT2D eigenvalue weighted by atomic mass is 19.1. The third kappa shape index (κ3) is 2.06. The fourth-order valence-corrected chi connectivity index (χ4v) is 4.04. The van der Waals surface area contributed by atoms with E-state index in [2.05, 4.69) is 4.98 Å². The minimum absolute atomic E-state index is 0.0878. The van der Waals surface area contributed by atoms with Gasteiger partial charge >= 0.3 is 0 Å². The van der Waals surface area contributed by atoms with Gasteiger partial charge in [0, 0.05) is 17.6 Å². The topological polar surface area (TPSA) is 59.2 Å². The number of likely N-dealkylation sites (tertiary alicyclic amines) is 1. The first-order valence-electron chi connectivity index (χ1n) is 8.05. The second-order valence-corrected chi connectivity index (χ2v) is 6.97. The molecule has 1 aliphatic heterocycles. The highest BCUT2D eigenvalue weighted by Gasteiger charge is 2.60. The van der Waals surface area contributed by atoms with Gasteiger partial charge in [0.05, 0.1) is 23.2 Å². The smallest absolute Gasteiger partial charge is 0.256 e. The van der Waals surface area contributed by atoms with Crippen LogP contribution in [0.2, 0.25) is 0 Å². The number of halogens is 1. The quantitative estimate of drug-likeness (QED) is 0.880. The number of amides is 1. The van der Waals surface area contributed by atoms with Crippen LogP contribution in [0, 0.1) is 6.92 Å². The van der Waals surface area contributed by atoms with Crippen molar-refractivity contribution in [3.63, 3.8) is 0 Å². The summed E-state index contributed by atoms with van der Waals surface area (Å²) in [4.78, 5) is 19.0. The van der Waals surface area contributed by atoms with Crippen LogP contribution in [0.5, 0.6) is 0 Å². The number of rotatable bonds is 1. The van der Waals surface area contributed by atoms with Gasteiger partial charge in [0.15, 0.2) is 0 Å². The van der Waals surface area contributed by atoms with Crippen molar-refractivity contribution in [1.29, 1.82) is 0 Å². The lowest BCUT2D eigenvalue weighted by atomic mass is 9.89. The van der Waals surface area contributed by atoms with Crippen LogP contribution in [-0.2, 0) is 0 Å². The summed E-state index contributed by atoms with van der Waals surface area (Å²) >= 11 is 0. The number of carbonyl (C=O) groups excluding carboxylic acids is 1. The Hall–Kier alpha value is -2.01. The summed E-state index contributed by atoms with van der Waals surface area (Å²) in [6.45, 7) is 2.27. The number of alkyl halides is 1. The van der Waals surface area contributed by atoms with Gasteiger partial charge in [-0.1, -0.05) is 18.2 Å². The summed E-state index contributed by atoms with van der Waals surface area (Å²) in [6.07, 6.45) is 1.88. The molecule has 0 unspecified atom stereocenters. The maximum atomic E-state index is 15.1. The monoisotopic (exact) mass is 313 g/mol. The summed E-state index contributed by atoms with van der Waals surface area (Å²) < 4.78 is 15.1. The van der Waals surface area contributed by atoms with Gasteiger partial charge in [0.25, 0.3) is 5.91 Å². The fourth-order valence-electron chi connectivity index (χ4n) is 4.04. The van der Waals surface area contributed by atoms with Gasteiger partial charge in [0.2, 0.25) is 0 Å². The lowest BCUT2D eigenvalue weighted by Gasteiger charge is -2.27. The van der Waals surface area contributed by atoms with Crippen LogP contribution in [0.4, 0.5) is 4.39 Å². The van der Waals surface area contributed by atoms with Crippen molar-refractivity contribution in [2.45, 2.75) is 37.4 Å². The molecule has 23 heavy (non-hydrogen) atoms. The standard InChI is InChI=1S/C18H20FN3O/c1-12-6-7-13-4-2-5-14(15(13)21-12)16(23)22-10-17(19)8-3-9-18(17,20)11-22/h2,4-7H,3,8-11,20H2,1H3/t17-,18+/m1/s1. The van der Waals surface area contributed by atoms with E-state index in [1.54, 1.807) is 11.0 Å². The molecule has 2 N–H and O–H groups in total. The molecule has 0 spiro atoms. The van der Waals surface area contributed by atoms with Crippen LogP contribution < -0.4 is 5.73 Å². The van der Waals surface area contributed by atoms with Crippen molar-refractivity contribution in [3.8, 4) is 0 Å². The minimum atomic E-state index is -1.45. The average molecular weight is 313 g/mol. The van der Waals surface area contributed by atoms with E-state index in [1.807, 2.05) is 31.2 Å². The largest absolute Gasteiger partial charge is 0.333 e. The molecule has 2 aromatic rings. The maximum Gasteiger partial charge on any atom is 0.256 e. The van der Waals surface area contributed by atoms with Crippen molar-refractivity contribution in [2.75, 3.05) is 13.1 Å². The predicted molar refractivity (Wildman–Crippen MR) is 87.0 cm³/mol. The number of hydrogen-bond donors (Lipinski definition) is 1. The Balaban J connectivity index is 1.72. The number of aryl methyl sites for hydroxylation is 1. The zero-order chi connectivity index (χ0) is 16.2. The van der Waals surface area contributed by atoms with Crippen LogP contribution in [-0.4, -0.2) is 40.1 Å². The molecule has 1 aliphatic carbocycles. The van der Waals surface area contributed by atoms with Gasteiger partial charge in [-0.3, -0.25) is 9.78 Å². The van der Waals surface area contributed by atoms with Crippen LogP contribution >= 0.6 is 0 Å². The van der Waals surface area contributed by atoms with E-state index in [4.69, 9.17) is 5.73 Å². The molecular formula is C18H20FN3O. The molecule has 0 radical (unpaired) electrons. The van der Waals surface area contributed by atoms with E-state index < -0.39 is 11.2 Å². The molecule has 120 valence electrons. The zero-order valence-corrected chi connectivity index (χ0v) is 13.2. The number of nitrogens with two attached hydrogens (primary N) is 1. The highest BCUT2D eigenvalue weighted by Crippen LogP contribution is 2.46. The second kappa shape index (κ2) is 4.74. The van der Waals surface area contributed by atoms with Crippen LogP contribution in [0.25, 0.3) is 10.9 Å². The first-order chi connectivity index (χ1) is 10.9. The van der Waals surface area contributed by atoms with Gasteiger partial charge < -0.3 is 10.6 Å². The summed E-state index contributed by atoms with van der Waals surface area (Å²) in [5.41, 5.74) is 5.97. The Morgan fingerprint density at radius 1 is 1.26 bits per heavy atom. The fraction of sp³-hybridized carbons (Fsp3) is 0.444. The molecule has 4 rings (SSSR count). The third-order valence-electron chi connectivity index (χ3n) is 5.38. The summed E-state index contributed by atoms with van der Waals surface area (Å²) in [5.74, 6) is -0.176. The van der Waals surface area contributed by atoms with E-state index in [9.17, 15) is 4.79 Å². The van der Waals surface area contributed by atoms with E-state index in [0.29, 0.717) is 23.9 Å². The molecule has 1 aromatic heterocycles. The van der Waals surface area contributed by atoms with Gasteiger partial charge in [0.1, 0.15) is 5.67 Å². The molecule has 0 bridgehead atoms. The molecule has 2 fully saturated rings. The molecule has 2 atom stereocenters. The number of hydrogen-bond acceptors (Lipinski definition) is 3.